The highest BCUT2D eigenvalue weighted by molar-refractivity contribution is 6.33. The fourth-order valence-electron chi connectivity index (χ4n) is 2.80. The molecule has 3 aromatic rings. The SMILES string of the molecule is Cc1onc(-c2ccccc2Cl)c1C(=O)N(CCO)Cc1ccccc1. The van der Waals surface area contributed by atoms with E-state index in [-0.39, 0.29) is 19.1 Å². The largest absolute Gasteiger partial charge is 0.395 e. The summed E-state index contributed by atoms with van der Waals surface area (Å²) in [4.78, 5) is 14.8. The Bertz CT molecular complexity index is 893. The summed E-state index contributed by atoms with van der Waals surface area (Å²) in [7, 11) is 0. The minimum Gasteiger partial charge on any atom is -0.395 e. The van der Waals surface area contributed by atoms with Crippen LogP contribution >= 0.6 is 11.6 Å². The Balaban J connectivity index is 1.97. The molecule has 1 aromatic heterocycles. The van der Waals surface area contributed by atoms with E-state index in [4.69, 9.17) is 16.1 Å². The van der Waals surface area contributed by atoms with Gasteiger partial charge in [-0.05, 0) is 18.6 Å². The molecule has 0 atom stereocenters. The maximum atomic E-state index is 13.2. The molecule has 0 aliphatic heterocycles. The Labute approximate surface area is 156 Å². The van der Waals surface area contributed by atoms with Gasteiger partial charge in [-0.15, -0.1) is 0 Å². The average Bonchev–Trinajstić information content (AvgIpc) is 3.03. The highest BCUT2D eigenvalue weighted by Crippen LogP contribution is 2.31. The lowest BCUT2D eigenvalue weighted by atomic mass is 10.0. The Morgan fingerprint density at radius 2 is 1.85 bits per heavy atom. The fraction of sp³-hybridized carbons (Fsp3) is 0.200. The maximum absolute atomic E-state index is 13.2. The van der Waals surface area contributed by atoms with Crippen LogP contribution < -0.4 is 0 Å². The molecule has 0 fully saturated rings. The second kappa shape index (κ2) is 8.17. The first kappa shape index (κ1) is 18.2. The van der Waals surface area contributed by atoms with E-state index in [1.807, 2.05) is 42.5 Å². The molecule has 1 N–H and O–H groups in total. The van der Waals surface area contributed by atoms with E-state index in [0.29, 0.717) is 34.1 Å². The average molecular weight is 371 g/mol. The quantitative estimate of drug-likeness (QED) is 0.713. The minimum absolute atomic E-state index is 0.135. The lowest BCUT2D eigenvalue weighted by Crippen LogP contribution is -2.33. The fourth-order valence-corrected chi connectivity index (χ4v) is 3.02. The normalized spacial score (nSPS) is 10.7. The Morgan fingerprint density at radius 1 is 1.15 bits per heavy atom. The van der Waals surface area contributed by atoms with Crippen LogP contribution in [0.1, 0.15) is 21.7 Å². The maximum Gasteiger partial charge on any atom is 0.260 e. The zero-order chi connectivity index (χ0) is 18.5. The third-order valence-corrected chi connectivity index (χ3v) is 4.41. The summed E-state index contributed by atoms with van der Waals surface area (Å²) in [5.74, 6) is 0.164. The molecule has 1 amide bonds. The second-order valence-electron chi connectivity index (χ2n) is 5.88. The van der Waals surface area contributed by atoms with Gasteiger partial charge in [0.1, 0.15) is 17.0 Å². The number of aryl methyl sites for hydroxylation is 1. The summed E-state index contributed by atoms with van der Waals surface area (Å²) in [5.41, 5.74) is 2.39. The summed E-state index contributed by atoms with van der Waals surface area (Å²) in [6.07, 6.45) is 0. The number of halogens is 1. The topological polar surface area (TPSA) is 66.6 Å². The molecule has 0 aliphatic carbocycles. The monoisotopic (exact) mass is 370 g/mol. The minimum atomic E-state index is -0.253. The van der Waals surface area contributed by atoms with Crippen LogP contribution in [0, 0.1) is 6.92 Å². The molecule has 134 valence electrons. The van der Waals surface area contributed by atoms with Gasteiger partial charge in [0, 0.05) is 18.7 Å². The molecule has 0 saturated heterocycles. The van der Waals surface area contributed by atoms with Crippen LogP contribution in [0.2, 0.25) is 5.02 Å². The van der Waals surface area contributed by atoms with E-state index in [1.54, 1.807) is 24.0 Å². The number of hydrogen-bond acceptors (Lipinski definition) is 4. The Hall–Kier alpha value is -2.63. The van der Waals surface area contributed by atoms with Crippen molar-refractivity contribution in [1.82, 2.24) is 10.1 Å². The van der Waals surface area contributed by atoms with Crippen LogP contribution in [0.4, 0.5) is 0 Å². The van der Waals surface area contributed by atoms with Gasteiger partial charge in [0.25, 0.3) is 5.91 Å². The van der Waals surface area contributed by atoms with Crippen LogP contribution in [0.15, 0.2) is 59.1 Å². The molecule has 0 saturated carbocycles. The molecule has 3 rings (SSSR count). The van der Waals surface area contributed by atoms with Crippen LogP contribution in [-0.4, -0.2) is 34.2 Å². The highest BCUT2D eigenvalue weighted by atomic mass is 35.5. The number of aromatic nitrogens is 1. The molecular formula is C20H19ClN2O3. The molecule has 26 heavy (non-hydrogen) atoms. The number of carbonyl (C=O) groups excluding carboxylic acids is 1. The summed E-state index contributed by atoms with van der Waals surface area (Å²) in [5, 5.41) is 13.9. The first-order chi connectivity index (χ1) is 12.6. The van der Waals surface area contributed by atoms with Crippen molar-refractivity contribution in [2.75, 3.05) is 13.2 Å². The van der Waals surface area contributed by atoms with E-state index in [1.165, 1.54) is 0 Å². The van der Waals surface area contributed by atoms with E-state index in [0.717, 1.165) is 5.56 Å². The van der Waals surface area contributed by atoms with Gasteiger partial charge in [-0.3, -0.25) is 4.79 Å². The summed E-state index contributed by atoms with van der Waals surface area (Å²) >= 11 is 6.27. The van der Waals surface area contributed by atoms with Crippen molar-refractivity contribution in [2.24, 2.45) is 0 Å². The molecule has 2 aromatic carbocycles. The third-order valence-electron chi connectivity index (χ3n) is 4.08. The van der Waals surface area contributed by atoms with Gasteiger partial charge in [-0.2, -0.15) is 0 Å². The predicted molar refractivity (Wildman–Crippen MR) is 100.0 cm³/mol. The van der Waals surface area contributed by atoms with Crippen LogP contribution in [-0.2, 0) is 6.54 Å². The van der Waals surface area contributed by atoms with Crippen molar-refractivity contribution in [3.63, 3.8) is 0 Å². The Kier molecular flexibility index (Phi) is 5.71. The van der Waals surface area contributed by atoms with Crippen LogP contribution in [0.3, 0.4) is 0 Å². The predicted octanol–water partition coefficient (Wildman–Crippen LogP) is 3.94. The van der Waals surface area contributed by atoms with E-state index < -0.39 is 0 Å². The van der Waals surface area contributed by atoms with Crippen molar-refractivity contribution in [3.05, 3.63) is 76.5 Å². The Morgan fingerprint density at radius 3 is 2.54 bits per heavy atom. The van der Waals surface area contributed by atoms with Crippen molar-refractivity contribution < 1.29 is 14.4 Å². The van der Waals surface area contributed by atoms with Crippen LogP contribution in [0.5, 0.6) is 0 Å². The molecule has 0 aliphatic rings. The molecule has 0 unspecified atom stereocenters. The lowest BCUT2D eigenvalue weighted by Gasteiger charge is -2.22. The van der Waals surface area contributed by atoms with Crippen molar-refractivity contribution in [2.45, 2.75) is 13.5 Å². The number of nitrogens with zero attached hydrogens (tertiary/aromatic N) is 2. The lowest BCUT2D eigenvalue weighted by molar-refractivity contribution is 0.0706. The van der Waals surface area contributed by atoms with Gasteiger partial charge in [0.2, 0.25) is 0 Å². The molecule has 0 spiro atoms. The second-order valence-corrected chi connectivity index (χ2v) is 6.29. The third kappa shape index (κ3) is 3.79. The van der Waals surface area contributed by atoms with Gasteiger partial charge in [0.05, 0.1) is 11.6 Å². The summed E-state index contributed by atoms with van der Waals surface area (Å²) in [6.45, 7) is 2.15. The smallest absolute Gasteiger partial charge is 0.260 e. The number of carbonyl (C=O) groups is 1. The number of amides is 1. The molecule has 1 heterocycles. The molecule has 0 bridgehead atoms. The summed E-state index contributed by atoms with van der Waals surface area (Å²) < 4.78 is 5.29. The van der Waals surface area contributed by atoms with E-state index in [2.05, 4.69) is 5.16 Å². The number of rotatable bonds is 6. The number of hydrogen-bond donors (Lipinski definition) is 1. The zero-order valence-corrected chi connectivity index (χ0v) is 15.1. The molecule has 5 nitrogen and oxygen atoms in total. The highest BCUT2D eigenvalue weighted by Gasteiger charge is 2.27. The van der Waals surface area contributed by atoms with E-state index in [9.17, 15) is 9.90 Å². The molecule has 0 radical (unpaired) electrons. The summed E-state index contributed by atoms with van der Waals surface area (Å²) in [6, 6.07) is 16.8. The molecule has 6 heteroatoms. The van der Waals surface area contributed by atoms with E-state index >= 15 is 0 Å². The van der Waals surface area contributed by atoms with Gasteiger partial charge < -0.3 is 14.5 Å². The van der Waals surface area contributed by atoms with Crippen LogP contribution in [0.25, 0.3) is 11.3 Å². The zero-order valence-electron chi connectivity index (χ0n) is 14.4. The van der Waals surface area contributed by atoms with Gasteiger partial charge in [-0.1, -0.05) is 65.3 Å². The number of benzene rings is 2. The van der Waals surface area contributed by atoms with Gasteiger partial charge in [0.15, 0.2) is 0 Å². The first-order valence-electron chi connectivity index (χ1n) is 8.27. The van der Waals surface area contributed by atoms with Crippen molar-refractivity contribution >= 4 is 17.5 Å². The van der Waals surface area contributed by atoms with Gasteiger partial charge in [-0.25, -0.2) is 0 Å². The number of aliphatic hydroxyl groups is 1. The van der Waals surface area contributed by atoms with Crippen molar-refractivity contribution in [3.8, 4) is 11.3 Å². The number of aliphatic hydroxyl groups excluding tert-OH is 1. The van der Waals surface area contributed by atoms with Gasteiger partial charge >= 0.3 is 0 Å². The standard InChI is InChI=1S/C20H19ClN2O3/c1-14-18(19(22-26-14)16-9-5-6-10-17(16)21)20(25)23(11-12-24)13-15-7-3-2-4-8-15/h2-10,24H,11-13H2,1H3. The van der Waals surface area contributed by atoms with Crippen molar-refractivity contribution in [1.29, 1.82) is 0 Å². The molecular weight excluding hydrogens is 352 g/mol. The first-order valence-corrected chi connectivity index (χ1v) is 8.65.